The van der Waals surface area contributed by atoms with Crippen LogP contribution in [0.25, 0.3) is 0 Å². The number of carbonyl (C=O) groups is 2. The van der Waals surface area contributed by atoms with Crippen molar-refractivity contribution < 1.29 is 18.7 Å². The van der Waals surface area contributed by atoms with Crippen molar-refractivity contribution in [3.05, 3.63) is 87.8 Å². The smallest absolute Gasteiger partial charge is 0.329 e. The molecule has 1 aromatic heterocycles. The van der Waals surface area contributed by atoms with Gasteiger partial charge in [-0.05, 0) is 42.0 Å². The SMILES string of the molecule is O=C(NCc1ccco1)C(=O)N/N=C\c1ccc(OCc2ccccc2Cl)c(Cl)c1. The summed E-state index contributed by atoms with van der Waals surface area (Å²) in [6.07, 6.45) is 2.84. The Hall–Kier alpha value is -3.29. The van der Waals surface area contributed by atoms with E-state index in [2.05, 4.69) is 15.8 Å². The number of hydrogen-bond donors (Lipinski definition) is 2. The third-order valence-corrected chi connectivity index (χ3v) is 4.55. The van der Waals surface area contributed by atoms with Crippen LogP contribution >= 0.6 is 23.2 Å². The third-order valence-electron chi connectivity index (χ3n) is 3.89. The van der Waals surface area contributed by atoms with Crippen LogP contribution in [0.2, 0.25) is 10.0 Å². The number of benzene rings is 2. The summed E-state index contributed by atoms with van der Waals surface area (Å²) < 4.78 is 10.8. The molecule has 9 heteroatoms. The number of hydrazone groups is 1. The van der Waals surface area contributed by atoms with E-state index in [9.17, 15) is 9.59 Å². The maximum absolute atomic E-state index is 11.7. The molecule has 0 saturated heterocycles. The molecule has 0 fully saturated rings. The highest BCUT2D eigenvalue weighted by Gasteiger charge is 2.12. The van der Waals surface area contributed by atoms with Crippen LogP contribution in [0, 0.1) is 0 Å². The zero-order valence-corrected chi connectivity index (χ0v) is 17.1. The van der Waals surface area contributed by atoms with E-state index < -0.39 is 11.8 Å². The first-order chi connectivity index (χ1) is 14.5. The fourth-order valence-electron chi connectivity index (χ4n) is 2.36. The first-order valence-electron chi connectivity index (χ1n) is 8.82. The van der Waals surface area contributed by atoms with Crippen LogP contribution in [-0.4, -0.2) is 18.0 Å². The molecular weight excluding hydrogens is 429 g/mol. The summed E-state index contributed by atoms with van der Waals surface area (Å²) in [5, 5.41) is 7.16. The molecule has 0 aliphatic rings. The van der Waals surface area contributed by atoms with E-state index in [1.807, 2.05) is 18.2 Å². The maximum Gasteiger partial charge on any atom is 0.329 e. The zero-order chi connectivity index (χ0) is 21.3. The van der Waals surface area contributed by atoms with Gasteiger partial charge >= 0.3 is 11.8 Å². The summed E-state index contributed by atoms with van der Waals surface area (Å²) in [6.45, 7) is 0.379. The minimum Gasteiger partial charge on any atom is -0.487 e. The molecule has 0 aliphatic carbocycles. The van der Waals surface area contributed by atoms with Crippen LogP contribution in [0.15, 0.2) is 70.4 Å². The molecule has 30 heavy (non-hydrogen) atoms. The Kier molecular flexibility index (Phi) is 7.48. The van der Waals surface area contributed by atoms with Crippen LogP contribution in [-0.2, 0) is 22.7 Å². The van der Waals surface area contributed by atoms with Crippen LogP contribution in [0.5, 0.6) is 5.75 Å². The number of carbonyl (C=O) groups excluding carboxylic acids is 2. The average molecular weight is 446 g/mol. The van der Waals surface area contributed by atoms with Gasteiger partial charge in [0.25, 0.3) is 0 Å². The average Bonchev–Trinajstić information content (AvgIpc) is 3.26. The molecule has 0 unspecified atom stereocenters. The van der Waals surface area contributed by atoms with Crippen LogP contribution in [0.1, 0.15) is 16.9 Å². The first kappa shape index (κ1) is 21.4. The van der Waals surface area contributed by atoms with Crippen molar-refractivity contribution in [3.8, 4) is 5.75 Å². The predicted molar refractivity (Wildman–Crippen MR) is 114 cm³/mol. The highest BCUT2D eigenvalue weighted by molar-refractivity contribution is 6.35. The number of hydrogen-bond acceptors (Lipinski definition) is 5. The second kappa shape index (κ2) is 10.5. The summed E-state index contributed by atoms with van der Waals surface area (Å²) in [5.41, 5.74) is 3.60. The molecule has 3 rings (SSSR count). The van der Waals surface area contributed by atoms with Gasteiger partial charge in [-0.2, -0.15) is 5.10 Å². The second-order valence-electron chi connectivity index (χ2n) is 6.03. The normalized spacial score (nSPS) is 10.7. The number of nitrogens with one attached hydrogen (secondary N) is 2. The van der Waals surface area contributed by atoms with Gasteiger partial charge in [0.1, 0.15) is 18.1 Å². The highest BCUT2D eigenvalue weighted by atomic mass is 35.5. The lowest BCUT2D eigenvalue weighted by molar-refractivity contribution is -0.139. The monoisotopic (exact) mass is 445 g/mol. The van der Waals surface area contributed by atoms with Gasteiger partial charge < -0.3 is 14.5 Å². The fourth-order valence-corrected chi connectivity index (χ4v) is 2.80. The lowest BCUT2D eigenvalue weighted by Crippen LogP contribution is -2.37. The highest BCUT2D eigenvalue weighted by Crippen LogP contribution is 2.26. The number of furan rings is 1. The molecule has 3 aromatic rings. The van der Waals surface area contributed by atoms with Crippen molar-refractivity contribution >= 4 is 41.2 Å². The Balaban J connectivity index is 1.49. The lowest BCUT2D eigenvalue weighted by atomic mass is 10.2. The van der Waals surface area contributed by atoms with E-state index >= 15 is 0 Å². The van der Waals surface area contributed by atoms with E-state index in [0.29, 0.717) is 27.1 Å². The van der Waals surface area contributed by atoms with Gasteiger partial charge in [-0.25, -0.2) is 5.43 Å². The molecule has 1 heterocycles. The van der Waals surface area contributed by atoms with Gasteiger partial charge in [-0.1, -0.05) is 41.4 Å². The summed E-state index contributed by atoms with van der Waals surface area (Å²) in [7, 11) is 0. The lowest BCUT2D eigenvalue weighted by Gasteiger charge is -2.09. The molecular formula is C21H17Cl2N3O4. The predicted octanol–water partition coefficient (Wildman–Crippen LogP) is 3.93. The molecule has 2 aromatic carbocycles. The molecule has 0 saturated carbocycles. The molecule has 2 amide bonds. The first-order valence-corrected chi connectivity index (χ1v) is 9.58. The molecule has 7 nitrogen and oxygen atoms in total. The Morgan fingerprint density at radius 2 is 1.87 bits per heavy atom. The van der Waals surface area contributed by atoms with Crippen molar-refractivity contribution in [1.29, 1.82) is 0 Å². The number of ether oxygens (including phenoxy) is 1. The summed E-state index contributed by atoms with van der Waals surface area (Å²) in [5.74, 6) is -0.713. The molecule has 0 bridgehead atoms. The van der Waals surface area contributed by atoms with Crippen LogP contribution in [0.4, 0.5) is 0 Å². The van der Waals surface area contributed by atoms with Gasteiger partial charge in [0, 0.05) is 10.6 Å². The van der Waals surface area contributed by atoms with Crippen molar-refractivity contribution in [2.45, 2.75) is 13.2 Å². The van der Waals surface area contributed by atoms with Crippen molar-refractivity contribution in [3.63, 3.8) is 0 Å². The summed E-state index contributed by atoms with van der Waals surface area (Å²) in [6, 6.07) is 15.7. The quantitative estimate of drug-likeness (QED) is 0.327. The van der Waals surface area contributed by atoms with Gasteiger partial charge in [0.2, 0.25) is 0 Å². The van der Waals surface area contributed by atoms with Crippen LogP contribution in [0.3, 0.4) is 0 Å². The fraction of sp³-hybridized carbons (Fsp3) is 0.0952. The number of rotatable bonds is 7. The zero-order valence-electron chi connectivity index (χ0n) is 15.6. The molecule has 154 valence electrons. The van der Waals surface area contributed by atoms with Gasteiger partial charge in [0.15, 0.2) is 0 Å². The van der Waals surface area contributed by atoms with E-state index in [-0.39, 0.29) is 13.2 Å². The standard InChI is InChI=1S/C21H17Cl2N3O4/c22-17-6-2-1-4-15(17)13-30-19-8-7-14(10-18(19)23)11-25-26-21(28)20(27)24-12-16-5-3-9-29-16/h1-11H,12-13H2,(H,24,27)(H,26,28)/b25-11-. The Labute approximate surface area is 182 Å². The van der Waals surface area contributed by atoms with E-state index in [0.717, 1.165) is 5.56 Å². The van der Waals surface area contributed by atoms with Crippen molar-refractivity contribution in [2.24, 2.45) is 5.10 Å². The minimum atomic E-state index is -0.899. The van der Waals surface area contributed by atoms with E-state index in [1.165, 1.54) is 12.5 Å². The summed E-state index contributed by atoms with van der Waals surface area (Å²) >= 11 is 12.3. The summed E-state index contributed by atoms with van der Waals surface area (Å²) in [4.78, 5) is 23.4. The third kappa shape index (κ3) is 6.10. The van der Waals surface area contributed by atoms with Gasteiger partial charge in [0.05, 0.1) is 24.0 Å². The Morgan fingerprint density at radius 1 is 1.03 bits per heavy atom. The van der Waals surface area contributed by atoms with Crippen LogP contribution < -0.4 is 15.5 Å². The number of nitrogens with zero attached hydrogens (tertiary/aromatic N) is 1. The van der Waals surface area contributed by atoms with Gasteiger partial charge in [-0.3, -0.25) is 9.59 Å². The topological polar surface area (TPSA) is 92.9 Å². The molecule has 0 aliphatic heterocycles. The van der Waals surface area contributed by atoms with Crippen molar-refractivity contribution in [1.82, 2.24) is 10.7 Å². The number of halogens is 2. The Morgan fingerprint density at radius 3 is 2.60 bits per heavy atom. The Bertz CT molecular complexity index is 1050. The molecule has 2 N–H and O–H groups in total. The molecule has 0 radical (unpaired) electrons. The minimum absolute atomic E-state index is 0.105. The van der Waals surface area contributed by atoms with Gasteiger partial charge in [-0.15, -0.1) is 0 Å². The number of amides is 2. The molecule has 0 atom stereocenters. The maximum atomic E-state index is 11.7. The van der Waals surface area contributed by atoms with E-state index in [4.69, 9.17) is 32.4 Å². The molecule has 0 spiro atoms. The largest absolute Gasteiger partial charge is 0.487 e. The van der Waals surface area contributed by atoms with E-state index in [1.54, 1.807) is 36.4 Å². The second-order valence-corrected chi connectivity index (χ2v) is 6.85. The van der Waals surface area contributed by atoms with Crippen molar-refractivity contribution in [2.75, 3.05) is 0 Å².